The monoisotopic (exact) mass is 402 g/mol. The topological polar surface area (TPSA) is 58.6 Å². The number of rotatable bonds is 3. The highest BCUT2D eigenvalue weighted by molar-refractivity contribution is 5.96. The van der Waals surface area contributed by atoms with Crippen molar-refractivity contribution in [3.05, 3.63) is 47.7 Å². The third-order valence-electron chi connectivity index (χ3n) is 4.14. The van der Waals surface area contributed by atoms with E-state index in [1.54, 1.807) is 12.3 Å². The number of carbonyl (C=O) groups excluding carboxylic acids is 1. The first-order chi connectivity index (χ1) is 12.4. The van der Waals surface area contributed by atoms with E-state index in [0.717, 1.165) is 6.07 Å². The van der Waals surface area contributed by atoms with Crippen LogP contribution in [0.5, 0.6) is 5.88 Å². The first-order valence-corrected chi connectivity index (χ1v) is 7.97. The van der Waals surface area contributed by atoms with Crippen molar-refractivity contribution in [2.75, 3.05) is 38.2 Å². The number of piperazine rings is 1. The zero-order valence-corrected chi connectivity index (χ0v) is 15.3. The first kappa shape index (κ1) is 20.8. The number of alkyl halides is 3. The van der Waals surface area contributed by atoms with Crippen LogP contribution in [0.2, 0.25) is 0 Å². The van der Waals surface area contributed by atoms with Crippen molar-refractivity contribution in [3.8, 4) is 5.88 Å². The fraction of sp³-hybridized carbons (Fsp3) is 0.353. The van der Waals surface area contributed by atoms with Crippen molar-refractivity contribution in [3.63, 3.8) is 0 Å². The van der Waals surface area contributed by atoms with Crippen molar-refractivity contribution < 1.29 is 22.7 Å². The van der Waals surface area contributed by atoms with Gasteiger partial charge in [0.2, 0.25) is 11.8 Å². The summed E-state index contributed by atoms with van der Waals surface area (Å²) in [7, 11) is 1.50. The Labute approximate surface area is 160 Å². The summed E-state index contributed by atoms with van der Waals surface area (Å²) >= 11 is 0. The minimum absolute atomic E-state index is 0. The number of aromatic nitrogens is 2. The van der Waals surface area contributed by atoms with Crippen LogP contribution in [0.15, 0.2) is 36.5 Å². The number of anilines is 1. The fourth-order valence-corrected chi connectivity index (χ4v) is 2.80. The van der Waals surface area contributed by atoms with Crippen molar-refractivity contribution in [2.45, 2.75) is 6.18 Å². The Morgan fingerprint density at radius 1 is 1.11 bits per heavy atom. The number of methoxy groups -OCH3 is 1. The standard InChI is InChI=1S/C17H17F3N4O2.ClH/c1-26-14-6-7-21-16(22-14)24-10-8-23(9-11-24)15(25)12-4-2-3-5-13(12)17(18,19)20;/h2-7H,8-11H2,1H3;1H. The second kappa shape index (κ2) is 8.43. The van der Waals surface area contributed by atoms with Crippen LogP contribution in [0.3, 0.4) is 0 Å². The summed E-state index contributed by atoms with van der Waals surface area (Å²) in [5.74, 6) is 0.267. The molecule has 2 aromatic rings. The lowest BCUT2D eigenvalue weighted by atomic mass is 10.1. The van der Waals surface area contributed by atoms with E-state index in [0.29, 0.717) is 24.9 Å². The van der Waals surface area contributed by atoms with E-state index < -0.39 is 17.6 Å². The molecule has 0 saturated carbocycles. The van der Waals surface area contributed by atoms with Crippen LogP contribution in [0.1, 0.15) is 15.9 Å². The van der Waals surface area contributed by atoms with Crippen molar-refractivity contribution in [1.29, 1.82) is 0 Å². The van der Waals surface area contributed by atoms with Crippen LogP contribution >= 0.6 is 12.4 Å². The number of nitrogens with zero attached hydrogens (tertiary/aromatic N) is 4. The van der Waals surface area contributed by atoms with Crippen LogP contribution in [0, 0.1) is 0 Å². The zero-order valence-electron chi connectivity index (χ0n) is 14.4. The summed E-state index contributed by atoms with van der Waals surface area (Å²) in [6.07, 6.45) is -3.00. The number of amides is 1. The smallest absolute Gasteiger partial charge is 0.417 e. The molecule has 0 bridgehead atoms. The Bertz CT molecular complexity index is 796. The fourth-order valence-electron chi connectivity index (χ4n) is 2.80. The van der Waals surface area contributed by atoms with E-state index in [-0.39, 0.29) is 31.1 Å². The van der Waals surface area contributed by atoms with Crippen LogP contribution in [-0.4, -0.2) is 54.1 Å². The molecule has 1 saturated heterocycles. The molecular weight excluding hydrogens is 385 g/mol. The average molecular weight is 403 g/mol. The second-order valence-electron chi connectivity index (χ2n) is 5.72. The number of hydrogen-bond donors (Lipinski definition) is 0. The molecule has 1 aliphatic rings. The van der Waals surface area contributed by atoms with Crippen molar-refractivity contribution in [1.82, 2.24) is 14.9 Å². The summed E-state index contributed by atoms with van der Waals surface area (Å²) in [5, 5.41) is 0. The van der Waals surface area contributed by atoms with Gasteiger partial charge in [-0.2, -0.15) is 18.2 Å². The van der Waals surface area contributed by atoms with Crippen LogP contribution in [0.25, 0.3) is 0 Å². The van der Waals surface area contributed by atoms with Gasteiger partial charge in [-0.15, -0.1) is 12.4 Å². The maximum Gasteiger partial charge on any atom is 0.417 e. The Morgan fingerprint density at radius 2 is 1.78 bits per heavy atom. The molecule has 0 atom stereocenters. The average Bonchev–Trinajstić information content (AvgIpc) is 2.67. The summed E-state index contributed by atoms with van der Waals surface area (Å²) in [5.41, 5.74) is -1.24. The van der Waals surface area contributed by atoms with Gasteiger partial charge in [0.05, 0.1) is 18.2 Å². The molecule has 1 fully saturated rings. The van der Waals surface area contributed by atoms with Gasteiger partial charge in [0, 0.05) is 38.4 Å². The van der Waals surface area contributed by atoms with Gasteiger partial charge in [0.1, 0.15) is 0 Å². The van der Waals surface area contributed by atoms with E-state index in [9.17, 15) is 18.0 Å². The van der Waals surface area contributed by atoms with Gasteiger partial charge < -0.3 is 14.5 Å². The predicted molar refractivity (Wildman–Crippen MR) is 95.4 cm³/mol. The lowest BCUT2D eigenvalue weighted by molar-refractivity contribution is -0.138. The van der Waals surface area contributed by atoms with Crippen molar-refractivity contribution >= 4 is 24.3 Å². The maximum atomic E-state index is 13.1. The minimum atomic E-state index is -4.57. The van der Waals surface area contributed by atoms with Crippen LogP contribution < -0.4 is 9.64 Å². The molecular formula is C17H18ClF3N4O2. The molecule has 1 amide bonds. The van der Waals surface area contributed by atoms with Gasteiger partial charge in [-0.3, -0.25) is 4.79 Å². The molecule has 0 radical (unpaired) electrons. The lowest BCUT2D eigenvalue weighted by Crippen LogP contribution is -2.49. The van der Waals surface area contributed by atoms with Crippen LogP contribution in [-0.2, 0) is 6.18 Å². The minimum Gasteiger partial charge on any atom is -0.481 e. The normalized spacial score (nSPS) is 14.5. The predicted octanol–water partition coefficient (Wildman–Crippen LogP) is 2.89. The molecule has 6 nitrogen and oxygen atoms in total. The van der Waals surface area contributed by atoms with Gasteiger partial charge in [0.25, 0.3) is 5.91 Å². The zero-order chi connectivity index (χ0) is 18.7. The molecule has 27 heavy (non-hydrogen) atoms. The largest absolute Gasteiger partial charge is 0.481 e. The van der Waals surface area contributed by atoms with E-state index in [1.165, 1.54) is 30.2 Å². The Kier molecular flexibility index (Phi) is 6.48. The van der Waals surface area contributed by atoms with Gasteiger partial charge >= 0.3 is 6.18 Å². The molecule has 146 valence electrons. The number of benzene rings is 1. The highest BCUT2D eigenvalue weighted by Crippen LogP contribution is 2.32. The van der Waals surface area contributed by atoms with Gasteiger partial charge in [-0.05, 0) is 12.1 Å². The third kappa shape index (κ3) is 4.60. The highest BCUT2D eigenvalue weighted by Gasteiger charge is 2.36. The van der Waals surface area contributed by atoms with Crippen LogP contribution in [0.4, 0.5) is 19.1 Å². The van der Waals surface area contributed by atoms with Gasteiger partial charge in [-0.1, -0.05) is 12.1 Å². The summed E-state index contributed by atoms with van der Waals surface area (Å²) in [4.78, 5) is 24.2. The SMILES string of the molecule is COc1ccnc(N2CCN(C(=O)c3ccccc3C(F)(F)F)CC2)n1.Cl. The van der Waals surface area contributed by atoms with E-state index >= 15 is 0 Å². The lowest BCUT2D eigenvalue weighted by Gasteiger charge is -2.35. The molecule has 3 rings (SSSR count). The summed E-state index contributed by atoms with van der Waals surface area (Å²) < 4.78 is 44.4. The molecule has 1 aliphatic heterocycles. The number of carbonyl (C=O) groups is 1. The maximum absolute atomic E-state index is 13.1. The molecule has 0 N–H and O–H groups in total. The Morgan fingerprint density at radius 3 is 2.41 bits per heavy atom. The number of ether oxygens (including phenoxy) is 1. The molecule has 0 spiro atoms. The molecule has 1 aromatic heterocycles. The molecule has 0 unspecified atom stereocenters. The van der Waals surface area contributed by atoms with E-state index in [2.05, 4.69) is 9.97 Å². The Hall–Kier alpha value is -2.55. The number of halogens is 4. The van der Waals surface area contributed by atoms with Crippen molar-refractivity contribution in [2.24, 2.45) is 0 Å². The van der Waals surface area contributed by atoms with E-state index in [4.69, 9.17) is 4.74 Å². The summed E-state index contributed by atoms with van der Waals surface area (Å²) in [6, 6.07) is 6.47. The Balaban J connectivity index is 0.00000261. The number of hydrogen-bond acceptors (Lipinski definition) is 5. The van der Waals surface area contributed by atoms with Gasteiger partial charge in [-0.25, -0.2) is 4.98 Å². The molecule has 10 heteroatoms. The third-order valence-corrected chi connectivity index (χ3v) is 4.14. The highest BCUT2D eigenvalue weighted by atomic mass is 35.5. The molecule has 0 aliphatic carbocycles. The molecule has 1 aromatic carbocycles. The first-order valence-electron chi connectivity index (χ1n) is 7.97. The second-order valence-corrected chi connectivity index (χ2v) is 5.72. The quantitative estimate of drug-likeness (QED) is 0.790. The van der Waals surface area contributed by atoms with Gasteiger partial charge in [0.15, 0.2) is 0 Å². The summed E-state index contributed by atoms with van der Waals surface area (Å²) in [6.45, 7) is 1.41. The molecule has 2 heterocycles. The van der Waals surface area contributed by atoms with E-state index in [1.807, 2.05) is 4.90 Å².